The fourth-order valence-electron chi connectivity index (χ4n) is 2.83. The van der Waals surface area contributed by atoms with Crippen LogP contribution in [0.25, 0.3) is 11.5 Å². The van der Waals surface area contributed by atoms with Gasteiger partial charge in [0, 0.05) is 25.1 Å². The number of carbonyl (C=O) groups is 2. The van der Waals surface area contributed by atoms with Gasteiger partial charge in [-0.15, -0.1) is 0 Å². The maximum atomic E-state index is 12.5. The number of rotatable bonds is 4. The Balaban J connectivity index is 1.63. The standard InChI is InChI=1S/C17H18N2O4/c20-15(21)10-12-6-8-19(9-7-12)17(22)14-11-23-16(18-14)13-4-2-1-3-5-13/h1-5,11-12H,6-10H2,(H,20,21). The van der Waals surface area contributed by atoms with E-state index in [0.717, 1.165) is 5.56 Å². The molecule has 1 aromatic carbocycles. The van der Waals surface area contributed by atoms with Gasteiger partial charge in [0.25, 0.3) is 5.91 Å². The smallest absolute Gasteiger partial charge is 0.303 e. The topological polar surface area (TPSA) is 83.6 Å². The summed E-state index contributed by atoms with van der Waals surface area (Å²) in [5.41, 5.74) is 1.12. The van der Waals surface area contributed by atoms with Gasteiger partial charge in [0.2, 0.25) is 5.89 Å². The highest BCUT2D eigenvalue weighted by Crippen LogP contribution is 2.23. The summed E-state index contributed by atoms with van der Waals surface area (Å²) in [7, 11) is 0. The Kier molecular flexibility index (Phi) is 4.41. The molecule has 1 amide bonds. The van der Waals surface area contributed by atoms with E-state index in [2.05, 4.69) is 4.98 Å². The molecule has 6 nitrogen and oxygen atoms in total. The lowest BCUT2D eigenvalue weighted by atomic mass is 9.93. The number of benzene rings is 1. The summed E-state index contributed by atoms with van der Waals surface area (Å²) in [6.07, 6.45) is 2.97. The van der Waals surface area contributed by atoms with Crippen LogP contribution in [0.4, 0.5) is 0 Å². The summed E-state index contributed by atoms with van der Waals surface area (Å²) in [5, 5.41) is 8.83. The minimum Gasteiger partial charge on any atom is -0.481 e. The largest absolute Gasteiger partial charge is 0.481 e. The van der Waals surface area contributed by atoms with Crippen LogP contribution >= 0.6 is 0 Å². The lowest BCUT2D eigenvalue weighted by molar-refractivity contribution is -0.138. The monoisotopic (exact) mass is 314 g/mol. The molecule has 3 rings (SSSR count). The lowest BCUT2D eigenvalue weighted by Gasteiger charge is -2.30. The zero-order valence-corrected chi connectivity index (χ0v) is 12.6. The van der Waals surface area contributed by atoms with Crippen molar-refractivity contribution >= 4 is 11.9 Å². The van der Waals surface area contributed by atoms with E-state index < -0.39 is 5.97 Å². The predicted molar refractivity (Wildman–Crippen MR) is 82.8 cm³/mol. The summed E-state index contributed by atoms with van der Waals surface area (Å²) < 4.78 is 5.40. The number of likely N-dealkylation sites (tertiary alicyclic amines) is 1. The molecule has 0 atom stereocenters. The molecule has 0 saturated carbocycles. The third-order valence-electron chi connectivity index (χ3n) is 4.11. The number of aromatic nitrogens is 1. The zero-order valence-electron chi connectivity index (χ0n) is 12.6. The first-order chi connectivity index (χ1) is 11.1. The van der Waals surface area contributed by atoms with E-state index in [1.165, 1.54) is 6.26 Å². The van der Waals surface area contributed by atoms with E-state index in [9.17, 15) is 9.59 Å². The van der Waals surface area contributed by atoms with E-state index in [1.807, 2.05) is 30.3 Å². The van der Waals surface area contributed by atoms with Crippen molar-refractivity contribution in [1.82, 2.24) is 9.88 Å². The maximum absolute atomic E-state index is 12.5. The molecule has 1 fully saturated rings. The molecule has 1 aliphatic rings. The molecule has 2 aromatic rings. The molecule has 23 heavy (non-hydrogen) atoms. The van der Waals surface area contributed by atoms with Crippen molar-refractivity contribution in [3.05, 3.63) is 42.3 Å². The Hall–Kier alpha value is -2.63. The summed E-state index contributed by atoms with van der Waals surface area (Å²) in [6.45, 7) is 1.12. The minimum absolute atomic E-state index is 0.147. The second-order valence-electron chi connectivity index (χ2n) is 5.74. The van der Waals surface area contributed by atoms with Crippen LogP contribution in [-0.2, 0) is 4.79 Å². The molecular weight excluding hydrogens is 296 g/mol. The summed E-state index contributed by atoms with van der Waals surface area (Å²) in [5.74, 6) is -0.369. The molecular formula is C17H18N2O4. The number of amides is 1. The number of carboxylic acid groups (broad SMARTS) is 1. The number of carbonyl (C=O) groups excluding carboxylic acids is 1. The van der Waals surface area contributed by atoms with Crippen LogP contribution in [0.2, 0.25) is 0 Å². The highest BCUT2D eigenvalue weighted by molar-refractivity contribution is 5.92. The maximum Gasteiger partial charge on any atom is 0.303 e. The average molecular weight is 314 g/mol. The predicted octanol–water partition coefficient (Wildman–Crippen LogP) is 2.67. The minimum atomic E-state index is -0.779. The molecule has 6 heteroatoms. The zero-order chi connectivity index (χ0) is 16.2. The van der Waals surface area contributed by atoms with Crippen LogP contribution in [-0.4, -0.2) is 40.0 Å². The Morgan fingerprint density at radius 1 is 1.22 bits per heavy atom. The molecule has 0 radical (unpaired) electrons. The second kappa shape index (κ2) is 6.64. The molecule has 1 aromatic heterocycles. The molecule has 1 saturated heterocycles. The molecule has 1 aliphatic heterocycles. The van der Waals surface area contributed by atoms with Gasteiger partial charge in [-0.05, 0) is 30.9 Å². The van der Waals surface area contributed by atoms with Gasteiger partial charge in [0.15, 0.2) is 5.69 Å². The number of hydrogen-bond donors (Lipinski definition) is 1. The number of hydrogen-bond acceptors (Lipinski definition) is 4. The summed E-state index contributed by atoms with van der Waals surface area (Å²) >= 11 is 0. The van der Waals surface area contributed by atoms with Gasteiger partial charge in [-0.2, -0.15) is 0 Å². The normalized spacial score (nSPS) is 15.6. The van der Waals surface area contributed by atoms with Crippen molar-refractivity contribution in [3.8, 4) is 11.5 Å². The molecule has 0 unspecified atom stereocenters. The summed E-state index contributed by atoms with van der Waals surface area (Å²) in [4.78, 5) is 29.2. The van der Waals surface area contributed by atoms with Crippen molar-refractivity contribution in [1.29, 1.82) is 0 Å². The van der Waals surface area contributed by atoms with Gasteiger partial charge in [0.1, 0.15) is 6.26 Å². The number of piperidine rings is 1. The number of carboxylic acids is 1. The number of aliphatic carboxylic acids is 1. The molecule has 1 N–H and O–H groups in total. The lowest BCUT2D eigenvalue weighted by Crippen LogP contribution is -2.39. The van der Waals surface area contributed by atoms with Crippen LogP contribution in [0.5, 0.6) is 0 Å². The fourth-order valence-corrected chi connectivity index (χ4v) is 2.83. The van der Waals surface area contributed by atoms with Crippen molar-refractivity contribution in [2.45, 2.75) is 19.3 Å². The van der Waals surface area contributed by atoms with Crippen LogP contribution in [0.1, 0.15) is 29.8 Å². The summed E-state index contributed by atoms with van der Waals surface area (Å²) in [6, 6.07) is 9.41. The van der Waals surface area contributed by atoms with Crippen LogP contribution in [0.3, 0.4) is 0 Å². The van der Waals surface area contributed by atoms with E-state index in [1.54, 1.807) is 4.90 Å². The quantitative estimate of drug-likeness (QED) is 0.938. The Bertz CT molecular complexity index is 688. The Morgan fingerprint density at radius 3 is 2.57 bits per heavy atom. The average Bonchev–Trinajstić information content (AvgIpc) is 3.05. The third kappa shape index (κ3) is 3.59. The van der Waals surface area contributed by atoms with Gasteiger partial charge in [-0.3, -0.25) is 9.59 Å². The highest BCUT2D eigenvalue weighted by atomic mass is 16.4. The van der Waals surface area contributed by atoms with Crippen molar-refractivity contribution < 1.29 is 19.1 Å². The van der Waals surface area contributed by atoms with E-state index in [4.69, 9.17) is 9.52 Å². The molecule has 120 valence electrons. The first-order valence-corrected chi connectivity index (χ1v) is 7.65. The van der Waals surface area contributed by atoms with E-state index >= 15 is 0 Å². The van der Waals surface area contributed by atoms with Gasteiger partial charge in [0.05, 0.1) is 0 Å². The molecule has 0 bridgehead atoms. The SMILES string of the molecule is O=C(O)CC1CCN(C(=O)c2coc(-c3ccccc3)n2)CC1. The second-order valence-corrected chi connectivity index (χ2v) is 5.74. The third-order valence-corrected chi connectivity index (χ3v) is 4.11. The van der Waals surface area contributed by atoms with Crippen LogP contribution < -0.4 is 0 Å². The highest BCUT2D eigenvalue weighted by Gasteiger charge is 2.26. The fraction of sp³-hybridized carbons (Fsp3) is 0.353. The Labute approximate surface area is 133 Å². The molecule has 0 spiro atoms. The van der Waals surface area contributed by atoms with E-state index in [-0.39, 0.29) is 18.2 Å². The van der Waals surface area contributed by atoms with Gasteiger partial charge < -0.3 is 14.4 Å². The first kappa shape index (κ1) is 15.3. The van der Waals surface area contributed by atoms with Gasteiger partial charge >= 0.3 is 5.97 Å². The first-order valence-electron chi connectivity index (χ1n) is 7.65. The van der Waals surface area contributed by atoms with Gasteiger partial charge in [-0.1, -0.05) is 18.2 Å². The molecule has 0 aliphatic carbocycles. The molecule has 2 heterocycles. The van der Waals surface area contributed by atoms with Crippen molar-refractivity contribution in [2.24, 2.45) is 5.92 Å². The van der Waals surface area contributed by atoms with E-state index in [0.29, 0.717) is 37.5 Å². The van der Waals surface area contributed by atoms with Crippen LogP contribution in [0.15, 0.2) is 41.0 Å². The Morgan fingerprint density at radius 2 is 1.91 bits per heavy atom. The number of nitrogens with zero attached hydrogens (tertiary/aromatic N) is 2. The van der Waals surface area contributed by atoms with Gasteiger partial charge in [-0.25, -0.2) is 4.98 Å². The van der Waals surface area contributed by atoms with Crippen molar-refractivity contribution in [3.63, 3.8) is 0 Å². The van der Waals surface area contributed by atoms with Crippen LogP contribution in [0, 0.1) is 5.92 Å². The number of oxazole rings is 1. The van der Waals surface area contributed by atoms with Crippen molar-refractivity contribution in [2.75, 3.05) is 13.1 Å².